The van der Waals surface area contributed by atoms with Crippen LogP contribution in [0.25, 0.3) is 11.3 Å². The van der Waals surface area contributed by atoms with Gasteiger partial charge >= 0.3 is 0 Å². The first-order valence-electron chi connectivity index (χ1n) is 8.52. The minimum Gasteiger partial charge on any atom is -0.389 e. The maximum absolute atomic E-state index is 9.83. The Balaban J connectivity index is 1.51. The smallest absolute Gasteiger partial charge is 0.183 e. The molecule has 2 heterocycles. The summed E-state index contributed by atoms with van der Waals surface area (Å²) < 4.78 is 4.99. The number of halogens is 1. The number of piperidine rings is 1. The van der Waals surface area contributed by atoms with Crippen LogP contribution in [-0.2, 0) is 4.74 Å². The predicted octanol–water partition coefficient (Wildman–Crippen LogP) is 3.35. The quantitative estimate of drug-likeness (QED) is 0.770. The standard InChI is InChI=1S/C18H24ClN3O2S/c1-24-11-14(23)10-22-8-6-13(7-9-22)20-18-21-17(12-25-18)15-4-2-3-5-16(15)19/h2-5,12-14,23H,6-11H2,1H3,(H,20,21). The maximum Gasteiger partial charge on any atom is 0.183 e. The summed E-state index contributed by atoms with van der Waals surface area (Å²) in [5.41, 5.74) is 1.88. The third kappa shape index (κ3) is 5.15. The topological polar surface area (TPSA) is 57.6 Å². The highest BCUT2D eigenvalue weighted by Gasteiger charge is 2.21. The van der Waals surface area contributed by atoms with Crippen LogP contribution >= 0.6 is 22.9 Å². The Kier molecular flexibility index (Phi) is 6.67. The lowest BCUT2D eigenvalue weighted by atomic mass is 10.1. The first kappa shape index (κ1) is 18.6. The van der Waals surface area contributed by atoms with Crippen LogP contribution in [0.1, 0.15) is 12.8 Å². The van der Waals surface area contributed by atoms with E-state index in [4.69, 9.17) is 16.3 Å². The molecule has 1 aromatic heterocycles. The summed E-state index contributed by atoms with van der Waals surface area (Å²) in [6, 6.07) is 8.19. The second-order valence-electron chi connectivity index (χ2n) is 6.35. The molecule has 25 heavy (non-hydrogen) atoms. The number of benzene rings is 1. The lowest BCUT2D eigenvalue weighted by Gasteiger charge is -2.33. The third-order valence-corrected chi connectivity index (χ3v) is 5.50. The van der Waals surface area contributed by atoms with Gasteiger partial charge in [0.15, 0.2) is 5.13 Å². The van der Waals surface area contributed by atoms with Gasteiger partial charge in [-0.3, -0.25) is 0 Å². The van der Waals surface area contributed by atoms with Gasteiger partial charge in [0.05, 0.1) is 18.4 Å². The van der Waals surface area contributed by atoms with Crippen LogP contribution < -0.4 is 5.32 Å². The molecule has 1 aliphatic rings. The number of likely N-dealkylation sites (tertiary alicyclic amines) is 1. The summed E-state index contributed by atoms with van der Waals surface area (Å²) in [6.45, 7) is 3.01. The summed E-state index contributed by atoms with van der Waals surface area (Å²) in [5.74, 6) is 0. The number of aliphatic hydroxyl groups excluding tert-OH is 1. The van der Waals surface area contributed by atoms with Crippen molar-refractivity contribution in [3.63, 3.8) is 0 Å². The number of thiazole rings is 1. The van der Waals surface area contributed by atoms with Gasteiger partial charge < -0.3 is 20.1 Å². The highest BCUT2D eigenvalue weighted by atomic mass is 35.5. The van der Waals surface area contributed by atoms with E-state index in [2.05, 4.69) is 15.2 Å². The zero-order chi connectivity index (χ0) is 17.6. The van der Waals surface area contributed by atoms with Gasteiger partial charge in [0.2, 0.25) is 0 Å². The number of β-amino-alcohol motifs (C(OH)–C–C–N with tert-alkyl or cyclic N) is 1. The highest BCUT2D eigenvalue weighted by molar-refractivity contribution is 7.14. The van der Waals surface area contributed by atoms with Crippen molar-refractivity contribution < 1.29 is 9.84 Å². The molecule has 1 atom stereocenters. The molecule has 2 N–H and O–H groups in total. The molecule has 136 valence electrons. The molecule has 0 saturated carbocycles. The average molecular weight is 382 g/mol. The lowest BCUT2D eigenvalue weighted by molar-refractivity contribution is 0.0327. The van der Waals surface area contributed by atoms with Crippen LogP contribution in [0.3, 0.4) is 0 Å². The third-order valence-electron chi connectivity index (χ3n) is 4.40. The van der Waals surface area contributed by atoms with Crippen LogP contribution in [0, 0.1) is 0 Å². The monoisotopic (exact) mass is 381 g/mol. The van der Waals surface area contributed by atoms with E-state index in [-0.39, 0.29) is 0 Å². The van der Waals surface area contributed by atoms with Crippen molar-refractivity contribution in [1.29, 1.82) is 0 Å². The Labute approximate surface area is 157 Å². The number of methoxy groups -OCH3 is 1. The van der Waals surface area contributed by atoms with E-state index in [1.54, 1.807) is 18.4 Å². The molecular formula is C18H24ClN3O2S. The Bertz CT molecular complexity index is 674. The number of ether oxygens (including phenoxy) is 1. The molecule has 1 aliphatic heterocycles. The number of aromatic nitrogens is 1. The molecule has 2 aromatic rings. The lowest BCUT2D eigenvalue weighted by Crippen LogP contribution is -2.43. The minimum absolute atomic E-state index is 0.391. The van der Waals surface area contributed by atoms with Crippen molar-refractivity contribution in [1.82, 2.24) is 9.88 Å². The van der Waals surface area contributed by atoms with Gasteiger partial charge in [0.25, 0.3) is 0 Å². The van der Waals surface area contributed by atoms with Gasteiger partial charge in [-0.05, 0) is 18.9 Å². The van der Waals surface area contributed by atoms with Crippen LogP contribution in [0.2, 0.25) is 5.02 Å². The zero-order valence-electron chi connectivity index (χ0n) is 14.3. The Morgan fingerprint density at radius 2 is 2.16 bits per heavy atom. The molecule has 7 heteroatoms. The van der Waals surface area contributed by atoms with Crippen molar-refractivity contribution in [2.75, 3.05) is 38.7 Å². The molecule has 1 unspecified atom stereocenters. The molecule has 0 radical (unpaired) electrons. The molecule has 1 fully saturated rings. The highest BCUT2D eigenvalue weighted by Crippen LogP contribution is 2.31. The van der Waals surface area contributed by atoms with E-state index in [1.807, 2.05) is 29.6 Å². The van der Waals surface area contributed by atoms with Crippen molar-refractivity contribution in [3.8, 4) is 11.3 Å². The van der Waals surface area contributed by atoms with Gasteiger partial charge in [-0.25, -0.2) is 4.98 Å². The van der Waals surface area contributed by atoms with Crippen molar-refractivity contribution in [2.24, 2.45) is 0 Å². The second kappa shape index (κ2) is 8.96. The molecular weight excluding hydrogens is 358 g/mol. The maximum atomic E-state index is 9.83. The Morgan fingerprint density at radius 1 is 1.40 bits per heavy atom. The number of anilines is 1. The number of hydrogen-bond acceptors (Lipinski definition) is 6. The Morgan fingerprint density at radius 3 is 2.88 bits per heavy atom. The fourth-order valence-corrected chi connectivity index (χ4v) is 4.13. The predicted molar refractivity (Wildman–Crippen MR) is 104 cm³/mol. The van der Waals surface area contributed by atoms with Crippen molar-refractivity contribution >= 4 is 28.1 Å². The number of nitrogens with one attached hydrogen (secondary N) is 1. The molecule has 0 aliphatic carbocycles. The molecule has 5 nitrogen and oxygen atoms in total. The minimum atomic E-state index is -0.411. The summed E-state index contributed by atoms with van der Waals surface area (Å²) >= 11 is 7.86. The fraction of sp³-hybridized carbons (Fsp3) is 0.500. The summed E-state index contributed by atoms with van der Waals surface area (Å²) in [4.78, 5) is 6.97. The van der Waals surface area contributed by atoms with E-state index < -0.39 is 6.10 Å². The first-order chi connectivity index (χ1) is 12.2. The number of nitrogens with zero attached hydrogens (tertiary/aromatic N) is 2. The second-order valence-corrected chi connectivity index (χ2v) is 7.61. The molecule has 0 spiro atoms. The Hall–Kier alpha value is -1.18. The van der Waals surface area contributed by atoms with Crippen LogP contribution in [-0.4, -0.2) is 60.5 Å². The van der Waals surface area contributed by atoms with Gasteiger partial charge in [0, 0.05) is 48.8 Å². The first-order valence-corrected chi connectivity index (χ1v) is 9.78. The SMILES string of the molecule is COCC(O)CN1CCC(Nc2nc(-c3ccccc3Cl)cs2)CC1. The fourth-order valence-electron chi connectivity index (χ4n) is 3.11. The summed E-state index contributed by atoms with van der Waals surface area (Å²) in [6.07, 6.45) is 1.67. The van der Waals surface area contributed by atoms with E-state index in [0.717, 1.165) is 47.3 Å². The molecule has 1 saturated heterocycles. The number of aliphatic hydroxyl groups is 1. The molecule has 0 amide bonds. The summed E-state index contributed by atoms with van der Waals surface area (Å²) in [7, 11) is 1.62. The van der Waals surface area contributed by atoms with Crippen LogP contribution in [0.5, 0.6) is 0 Å². The molecule has 1 aromatic carbocycles. The normalized spacial score (nSPS) is 17.6. The zero-order valence-corrected chi connectivity index (χ0v) is 15.9. The van der Waals surface area contributed by atoms with E-state index in [0.29, 0.717) is 19.2 Å². The number of rotatable bonds is 7. The van der Waals surface area contributed by atoms with Gasteiger partial charge in [0.1, 0.15) is 0 Å². The van der Waals surface area contributed by atoms with Crippen LogP contribution in [0.4, 0.5) is 5.13 Å². The van der Waals surface area contributed by atoms with Crippen molar-refractivity contribution in [2.45, 2.75) is 25.0 Å². The van der Waals surface area contributed by atoms with E-state index in [9.17, 15) is 5.11 Å². The van der Waals surface area contributed by atoms with Gasteiger partial charge in [-0.15, -0.1) is 11.3 Å². The average Bonchev–Trinajstić information content (AvgIpc) is 3.05. The summed E-state index contributed by atoms with van der Waals surface area (Å²) in [5, 5.41) is 17.1. The van der Waals surface area contributed by atoms with E-state index >= 15 is 0 Å². The van der Waals surface area contributed by atoms with Gasteiger partial charge in [-0.1, -0.05) is 29.8 Å². The van der Waals surface area contributed by atoms with E-state index in [1.165, 1.54) is 0 Å². The van der Waals surface area contributed by atoms with Gasteiger partial charge in [-0.2, -0.15) is 0 Å². The molecule has 3 rings (SSSR count). The number of hydrogen-bond donors (Lipinski definition) is 2. The molecule has 0 bridgehead atoms. The van der Waals surface area contributed by atoms with Crippen molar-refractivity contribution in [3.05, 3.63) is 34.7 Å². The largest absolute Gasteiger partial charge is 0.389 e. The van der Waals surface area contributed by atoms with Crippen LogP contribution in [0.15, 0.2) is 29.6 Å².